The van der Waals surface area contributed by atoms with Gasteiger partial charge in [-0.25, -0.2) is 8.78 Å². The molecule has 2 aromatic rings. The highest BCUT2D eigenvalue weighted by molar-refractivity contribution is 5.50. The molecule has 0 aliphatic heterocycles. The van der Waals surface area contributed by atoms with Crippen LogP contribution in [0.3, 0.4) is 0 Å². The summed E-state index contributed by atoms with van der Waals surface area (Å²) < 4.78 is 27.2. The number of hydrogen-bond acceptors (Lipinski definition) is 2. The molecule has 1 unspecified atom stereocenters. The van der Waals surface area contributed by atoms with Crippen molar-refractivity contribution in [3.8, 4) is 0 Å². The lowest BCUT2D eigenvalue weighted by atomic mass is 10.1. The van der Waals surface area contributed by atoms with Crippen LogP contribution in [0.25, 0.3) is 0 Å². The summed E-state index contributed by atoms with van der Waals surface area (Å²) in [6.45, 7) is 0.0661. The highest BCUT2D eigenvalue weighted by Crippen LogP contribution is 2.26. The third-order valence-corrected chi connectivity index (χ3v) is 3.93. The number of aryl methyl sites for hydroxylation is 2. The monoisotopic (exact) mass is 289 g/mol. The average Bonchev–Trinajstić information content (AvgIpc) is 2.92. The van der Waals surface area contributed by atoms with Gasteiger partial charge in [0.25, 0.3) is 0 Å². The number of aliphatic hydroxyl groups excluding tert-OH is 1. The molecular weight excluding hydrogens is 272 g/mol. The van der Waals surface area contributed by atoms with Crippen LogP contribution in [0.15, 0.2) is 36.4 Å². The van der Waals surface area contributed by atoms with E-state index in [2.05, 4.69) is 11.4 Å². The van der Waals surface area contributed by atoms with Crippen molar-refractivity contribution in [3.63, 3.8) is 0 Å². The number of nitrogens with one attached hydrogen (secondary N) is 1. The zero-order valence-corrected chi connectivity index (χ0v) is 11.6. The first kappa shape index (κ1) is 14.0. The standard InChI is InChI=1S/C17H17F2NO/c18-14-5-2-6-15(19)17(14)16(21)10-20-13-8-7-11-3-1-4-12(11)9-13/h2,5-9,16,20-21H,1,3-4,10H2. The number of halogens is 2. The van der Waals surface area contributed by atoms with Crippen molar-refractivity contribution in [1.82, 2.24) is 0 Å². The largest absolute Gasteiger partial charge is 0.386 e. The normalized spacial score (nSPS) is 14.8. The van der Waals surface area contributed by atoms with Gasteiger partial charge in [-0.15, -0.1) is 0 Å². The third-order valence-electron chi connectivity index (χ3n) is 3.93. The minimum atomic E-state index is -1.22. The smallest absolute Gasteiger partial charge is 0.132 e. The van der Waals surface area contributed by atoms with Gasteiger partial charge in [0.05, 0.1) is 5.56 Å². The summed E-state index contributed by atoms with van der Waals surface area (Å²) in [7, 11) is 0. The van der Waals surface area contributed by atoms with E-state index in [0.717, 1.165) is 30.7 Å². The fourth-order valence-corrected chi connectivity index (χ4v) is 2.83. The fourth-order valence-electron chi connectivity index (χ4n) is 2.83. The predicted octanol–water partition coefficient (Wildman–Crippen LogP) is 3.60. The molecule has 1 atom stereocenters. The predicted molar refractivity (Wildman–Crippen MR) is 78.3 cm³/mol. The quantitative estimate of drug-likeness (QED) is 0.901. The topological polar surface area (TPSA) is 32.3 Å². The Hall–Kier alpha value is -1.94. The van der Waals surface area contributed by atoms with E-state index < -0.39 is 17.7 Å². The van der Waals surface area contributed by atoms with Crippen LogP contribution in [0.2, 0.25) is 0 Å². The van der Waals surface area contributed by atoms with Crippen molar-refractivity contribution >= 4 is 5.69 Å². The van der Waals surface area contributed by atoms with Crippen molar-refractivity contribution < 1.29 is 13.9 Å². The number of rotatable bonds is 4. The van der Waals surface area contributed by atoms with Crippen LogP contribution >= 0.6 is 0 Å². The van der Waals surface area contributed by atoms with Gasteiger partial charge >= 0.3 is 0 Å². The lowest BCUT2D eigenvalue weighted by Gasteiger charge is -2.15. The molecule has 0 amide bonds. The van der Waals surface area contributed by atoms with E-state index in [1.165, 1.54) is 23.6 Å². The molecule has 3 rings (SSSR count). The van der Waals surface area contributed by atoms with Gasteiger partial charge in [0.2, 0.25) is 0 Å². The minimum Gasteiger partial charge on any atom is -0.386 e. The highest BCUT2D eigenvalue weighted by Gasteiger charge is 2.18. The van der Waals surface area contributed by atoms with Crippen LogP contribution in [0.5, 0.6) is 0 Å². The van der Waals surface area contributed by atoms with Gasteiger partial charge < -0.3 is 10.4 Å². The van der Waals surface area contributed by atoms with E-state index >= 15 is 0 Å². The first-order valence-corrected chi connectivity index (χ1v) is 7.13. The summed E-state index contributed by atoms with van der Waals surface area (Å²) in [4.78, 5) is 0. The number of anilines is 1. The molecule has 0 aromatic heterocycles. The molecule has 2 aromatic carbocycles. The van der Waals surface area contributed by atoms with Gasteiger partial charge in [-0.05, 0) is 54.7 Å². The molecule has 1 aliphatic carbocycles. The Morgan fingerprint density at radius 2 is 1.76 bits per heavy atom. The lowest BCUT2D eigenvalue weighted by Crippen LogP contribution is -2.15. The van der Waals surface area contributed by atoms with Gasteiger partial charge in [0, 0.05) is 12.2 Å². The zero-order valence-electron chi connectivity index (χ0n) is 11.6. The maximum absolute atomic E-state index is 13.6. The molecular formula is C17H17F2NO. The first-order valence-electron chi connectivity index (χ1n) is 7.13. The molecule has 0 saturated carbocycles. The van der Waals surface area contributed by atoms with Crippen LogP contribution in [-0.4, -0.2) is 11.7 Å². The molecule has 2 nitrogen and oxygen atoms in total. The summed E-state index contributed by atoms with van der Waals surface area (Å²) >= 11 is 0. The van der Waals surface area contributed by atoms with Crippen LogP contribution in [0.4, 0.5) is 14.5 Å². The molecule has 0 heterocycles. The fraction of sp³-hybridized carbons (Fsp3) is 0.294. The second kappa shape index (κ2) is 5.82. The Kier molecular flexibility index (Phi) is 3.88. The maximum atomic E-state index is 13.6. The van der Waals surface area contributed by atoms with Gasteiger partial charge in [-0.2, -0.15) is 0 Å². The molecule has 0 spiro atoms. The van der Waals surface area contributed by atoms with Gasteiger partial charge in [0.1, 0.15) is 17.7 Å². The van der Waals surface area contributed by atoms with E-state index in [0.29, 0.717) is 0 Å². The van der Waals surface area contributed by atoms with Crippen molar-refractivity contribution in [1.29, 1.82) is 0 Å². The van der Waals surface area contributed by atoms with Crippen molar-refractivity contribution in [3.05, 3.63) is 64.7 Å². The Labute approximate surface area is 122 Å². The van der Waals surface area contributed by atoms with Gasteiger partial charge in [-0.1, -0.05) is 12.1 Å². The average molecular weight is 289 g/mol. The Morgan fingerprint density at radius 1 is 1.05 bits per heavy atom. The molecule has 0 saturated heterocycles. The highest BCUT2D eigenvalue weighted by atomic mass is 19.1. The molecule has 1 aliphatic rings. The summed E-state index contributed by atoms with van der Waals surface area (Å²) in [6, 6.07) is 9.64. The van der Waals surface area contributed by atoms with Crippen LogP contribution in [0.1, 0.15) is 29.2 Å². The third kappa shape index (κ3) is 2.90. The van der Waals surface area contributed by atoms with E-state index in [1.807, 2.05) is 12.1 Å². The zero-order chi connectivity index (χ0) is 14.8. The Bertz CT molecular complexity index is 637. The number of fused-ring (bicyclic) bond motifs is 1. The number of hydrogen-bond donors (Lipinski definition) is 2. The van der Waals surface area contributed by atoms with Gasteiger partial charge in [0.15, 0.2) is 0 Å². The van der Waals surface area contributed by atoms with E-state index in [1.54, 1.807) is 0 Å². The molecule has 110 valence electrons. The molecule has 0 radical (unpaired) electrons. The maximum Gasteiger partial charge on any atom is 0.132 e. The van der Waals surface area contributed by atoms with E-state index in [-0.39, 0.29) is 12.1 Å². The summed E-state index contributed by atoms with van der Waals surface area (Å²) in [6.07, 6.45) is 2.12. The van der Waals surface area contributed by atoms with Crippen LogP contribution < -0.4 is 5.32 Å². The molecule has 0 fully saturated rings. The van der Waals surface area contributed by atoms with Crippen LogP contribution in [-0.2, 0) is 12.8 Å². The van der Waals surface area contributed by atoms with Crippen molar-refractivity contribution in [2.75, 3.05) is 11.9 Å². The Morgan fingerprint density at radius 3 is 2.52 bits per heavy atom. The SMILES string of the molecule is OC(CNc1ccc2c(c1)CCC2)c1c(F)cccc1F. The van der Waals surface area contributed by atoms with Crippen LogP contribution in [0, 0.1) is 11.6 Å². The molecule has 21 heavy (non-hydrogen) atoms. The second-order valence-corrected chi connectivity index (χ2v) is 5.37. The Balaban J connectivity index is 1.70. The minimum absolute atomic E-state index is 0.0661. The van der Waals surface area contributed by atoms with Gasteiger partial charge in [-0.3, -0.25) is 0 Å². The number of benzene rings is 2. The lowest BCUT2D eigenvalue weighted by molar-refractivity contribution is 0.181. The summed E-state index contributed by atoms with van der Waals surface area (Å²) in [5.41, 5.74) is 3.26. The molecule has 4 heteroatoms. The molecule has 0 bridgehead atoms. The molecule has 2 N–H and O–H groups in total. The van der Waals surface area contributed by atoms with Crippen molar-refractivity contribution in [2.45, 2.75) is 25.4 Å². The summed E-state index contributed by atoms with van der Waals surface area (Å²) in [5.74, 6) is -1.45. The van der Waals surface area contributed by atoms with E-state index in [4.69, 9.17) is 0 Å². The summed E-state index contributed by atoms with van der Waals surface area (Å²) in [5, 5.41) is 13.0. The first-order chi connectivity index (χ1) is 10.1. The number of aliphatic hydroxyl groups is 1. The van der Waals surface area contributed by atoms with Crippen molar-refractivity contribution in [2.24, 2.45) is 0 Å². The second-order valence-electron chi connectivity index (χ2n) is 5.37. The van der Waals surface area contributed by atoms with E-state index in [9.17, 15) is 13.9 Å².